The van der Waals surface area contributed by atoms with E-state index in [-0.39, 0.29) is 32.0 Å². The van der Waals surface area contributed by atoms with Crippen molar-refractivity contribution in [3.8, 4) is 11.4 Å². The number of carbonyl (C=O) groups excluding carboxylic acids is 1. The van der Waals surface area contributed by atoms with Crippen molar-refractivity contribution in [3.05, 3.63) is 69.3 Å². The Kier molecular flexibility index (Phi) is 6.40. The Bertz CT molecular complexity index is 1220. The fourth-order valence-electron chi connectivity index (χ4n) is 3.75. The van der Waals surface area contributed by atoms with E-state index >= 15 is 0 Å². The predicted octanol–water partition coefficient (Wildman–Crippen LogP) is 0.112. The van der Waals surface area contributed by atoms with Crippen LogP contribution in [0, 0.1) is 0 Å². The monoisotopic (exact) mass is 454 g/mol. The van der Waals surface area contributed by atoms with Crippen molar-refractivity contribution in [3.63, 3.8) is 0 Å². The number of β-amino-alcohol motifs (C(OH)–C–C–N with tert-alkyl or cyclic N) is 1. The molecular formula is C22H26N6O5. The molecule has 33 heavy (non-hydrogen) atoms. The number of aromatic nitrogens is 5. The SMILES string of the molecule is CCOc1ccc(-n2cc(CCC3(O)CN(C(=O)CCn4ccc(=O)[nH]c4=O)C3)nn2)cc1. The van der Waals surface area contributed by atoms with Gasteiger partial charge in [0.1, 0.15) is 11.4 Å². The number of hydrogen-bond acceptors (Lipinski definition) is 7. The van der Waals surface area contributed by atoms with E-state index in [1.165, 1.54) is 16.8 Å². The fraction of sp³-hybridized carbons (Fsp3) is 0.409. The first kappa shape index (κ1) is 22.5. The Labute approximate surface area is 189 Å². The van der Waals surface area contributed by atoms with Crippen LogP contribution in [0.1, 0.15) is 25.5 Å². The molecule has 1 aromatic carbocycles. The Balaban J connectivity index is 1.24. The maximum Gasteiger partial charge on any atom is 0.328 e. The van der Waals surface area contributed by atoms with Crippen molar-refractivity contribution in [1.29, 1.82) is 0 Å². The summed E-state index contributed by atoms with van der Waals surface area (Å²) in [5, 5.41) is 19.0. The number of hydrogen-bond donors (Lipinski definition) is 2. The molecule has 0 unspecified atom stereocenters. The molecule has 1 saturated heterocycles. The summed E-state index contributed by atoms with van der Waals surface area (Å²) in [4.78, 5) is 38.9. The van der Waals surface area contributed by atoms with Crippen LogP contribution in [0.25, 0.3) is 5.69 Å². The highest BCUT2D eigenvalue weighted by Gasteiger charge is 2.42. The fourth-order valence-corrected chi connectivity index (χ4v) is 3.75. The zero-order valence-corrected chi connectivity index (χ0v) is 18.3. The van der Waals surface area contributed by atoms with E-state index in [2.05, 4.69) is 15.3 Å². The number of benzene rings is 1. The number of rotatable bonds is 9. The maximum atomic E-state index is 12.4. The second-order valence-electron chi connectivity index (χ2n) is 8.11. The van der Waals surface area contributed by atoms with Gasteiger partial charge in [-0.3, -0.25) is 14.6 Å². The molecule has 3 heterocycles. The molecule has 0 atom stereocenters. The first-order chi connectivity index (χ1) is 15.8. The lowest BCUT2D eigenvalue weighted by atomic mass is 9.88. The summed E-state index contributed by atoms with van der Waals surface area (Å²) in [5.41, 5.74) is -0.381. The van der Waals surface area contributed by atoms with Gasteiger partial charge < -0.3 is 19.3 Å². The van der Waals surface area contributed by atoms with E-state index in [9.17, 15) is 19.5 Å². The van der Waals surface area contributed by atoms with Crippen molar-refractivity contribution in [1.82, 2.24) is 29.4 Å². The number of ether oxygens (including phenoxy) is 1. The second-order valence-corrected chi connectivity index (χ2v) is 8.11. The third-order valence-corrected chi connectivity index (χ3v) is 5.59. The smallest absolute Gasteiger partial charge is 0.328 e. The van der Waals surface area contributed by atoms with Crippen molar-refractivity contribution in [2.45, 2.75) is 38.3 Å². The van der Waals surface area contributed by atoms with Crippen LogP contribution < -0.4 is 16.0 Å². The molecule has 174 valence electrons. The molecule has 4 rings (SSSR count). The van der Waals surface area contributed by atoms with E-state index in [1.807, 2.05) is 37.4 Å². The largest absolute Gasteiger partial charge is 0.494 e. The molecule has 1 aliphatic heterocycles. The third-order valence-electron chi connectivity index (χ3n) is 5.59. The van der Waals surface area contributed by atoms with E-state index < -0.39 is 16.9 Å². The lowest BCUT2D eigenvalue weighted by Gasteiger charge is -2.46. The number of aliphatic hydroxyl groups is 1. The Morgan fingerprint density at radius 3 is 2.67 bits per heavy atom. The van der Waals surface area contributed by atoms with E-state index in [4.69, 9.17) is 4.74 Å². The van der Waals surface area contributed by atoms with Crippen LogP contribution in [0.3, 0.4) is 0 Å². The number of carbonyl (C=O) groups is 1. The lowest BCUT2D eigenvalue weighted by Crippen LogP contribution is -2.63. The molecule has 0 aliphatic carbocycles. The summed E-state index contributed by atoms with van der Waals surface area (Å²) in [6.07, 6.45) is 4.28. The molecule has 2 aromatic heterocycles. The Morgan fingerprint density at radius 1 is 1.21 bits per heavy atom. The molecular weight excluding hydrogens is 428 g/mol. The highest BCUT2D eigenvalue weighted by atomic mass is 16.5. The van der Waals surface area contributed by atoms with E-state index in [0.717, 1.165) is 17.1 Å². The maximum absolute atomic E-state index is 12.4. The van der Waals surface area contributed by atoms with Gasteiger partial charge >= 0.3 is 5.69 Å². The van der Waals surface area contributed by atoms with Crippen LogP contribution >= 0.6 is 0 Å². The van der Waals surface area contributed by atoms with Crippen LogP contribution in [0.5, 0.6) is 5.75 Å². The first-order valence-electron chi connectivity index (χ1n) is 10.8. The van der Waals surface area contributed by atoms with Gasteiger partial charge in [-0.2, -0.15) is 0 Å². The molecule has 0 spiro atoms. The zero-order chi connectivity index (χ0) is 23.4. The van der Waals surface area contributed by atoms with Crippen molar-refractivity contribution in [2.75, 3.05) is 19.7 Å². The van der Waals surface area contributed by atoms with Crippen LogP contribution in [0.15, 0.2) is 52.3 Å². The van der Waals surface area contributed by atoms with Gasteiger partial charge in [-0.15, -0.1) is 5.10 Å². The molecule has 1 amide bonds. The highest BCUT2D eigenvalue weighted by Crippen LogP contribution is 2.26. The molecule has 3 aromatic rings. The first-order valence-corrected chi connectivity index (χ1v) is 10.8. The van der Waals surface area contributed by atoms with E-state index in [1.54, 1.807) is 9.58 Å². The zero-order valence-electron chi connectivity index (χ0n) is 18.3. The third kappa shape index (κ3) is 5.37. The summed E-state index contributed by atoms with van der Waals surface area (Å²) in [6, 6.07) is 8.77. The van der Waals surface area contributed by atoms with Gasteiger partial charge in [0, 0.05) is 25.2 Å². The van der Waals surface area contributed by atoms with Gasteiger partial charge in [0.15, 0.2) is 0 Å². The number of likely N-dealkylation sites (tertiary alicyclic amines) is 1. The van der Waals surface area contributed by atoms with Gasteiger partial charge in [0.2, 0.25) is 5.91 Å². The Morgan fingerprint density at radius 2 is 1.97 bits per heavy atom. The molecule has 11 heteroatoms. The second kappa shape index (κ2) is 9.41. The molecule has 11 nitrogen and oxygen atoms in total. The topological polar surface area (TPSA) is 135 Å². The summed E-state index contributed by atoms with van der Waals surface area (Å²) in [6.45, 7) is 3.17. The number of nitrogens with zero attached hydrogens (tertiary/aromatic N) is 5. The average molecular weight is 454 g/mol. The summed E-state index contributed by atoms with van der Waals surface area (Å²) in [7, 11) is 0. The van der Waals surface area contributed by atoms with Gasteiger partial charge in [-0.05, 0) is 44.0 Å². The van der Waals surface area contributed by atoms with Gasteiger partial charge in [-0.1, -0.05) is 5.21 Å². The predicted molar refractivity (Wildman–Crippen MR) is 118 cm³/mol. The lowest BCUT2D eigenvalue weighted by molar-refractivity contribution is -0.156. The number of aryl methyl sites for hydroxylation is 2. The van der Waals surface area contributed by atoms with Gasteiger partial charge in [0.05, 0.1) is 37.3 Å². The van der Waals surface area contributed by atoms with Crippen molar-refractivity contribution >= 4 is 5.91 Å². The average Bonchev–Trinajstić information content (AvgIpc) is 3.25. The van der Waals surface area contributed by atoms with Crippen molar-refractivity contribution < 1.29 is 14.6 Å². The van der Waals surface area contributed by atoms with Crippen LogP contribution in [-0.2, 0) is 17.8 Å². The highest BCUT2D eigenvalue weighted by molar-refractivity contribution is 5.77. The molecule has 2 N–H and O–H groups in total. The molecule has 1 aliphatic rings. The molecule has 1 fully saturated rings. The molecule has 0 radical (unpaired) electrons. The summed E-state index contributed by atoms with van der Waals surface area (Å²) in [5.74, 6) is 0.637. The molecule has 0 bridgehead atoms. The minimum Gasteiger partial charge on any atom is -0.494 e. The van der Waals surface area contributed by atoms with Gasteiger partial charge in [-0.25, -0.2) is 9.48 Å². The minimum absolute atomic E-state index is 0.110. The van der Waals surface area contributed by atoms with Crippen LogP contribution in [0.4, 0.5) is 0 Å². The summed E-state index contributed by atoms with van der Waals surface area (Å²) < 4.78 is 8.39. The van der Waals surface area contributed by atoms with Crippen LogP contribution in [0.2, 0.25) is 0 Å². The standard InChI is InChI=1S/C22H26N6O5/c1-2-33-18-5-3-17(4-6-18)28-13-16(24-25-28)7-10-22(32)14-27(15-22)20(30)9-12-26-11-8-19(29)23-21(26)31/h3-6,8,11,13,32H,2,7,9-10,12,14-15H2,1H3,(H,23,29,31). The number of nitrogens with one attached hydrogen (secondary N) is 1. The normalized spacial score (nSPS) is 14.7. The van der Waals surface area contributed by atoms with E-state index in [0.29, 0.717) is 19.4 Å². The van der Waals surface area contributed by atoms with Crippen molar-refractivity contribution in [2.24, 2.45) is 0 Å². The molecule has 0 saturated carbocycles. The number of H-pyrrole nitrogens is 1. The van der Waals surface area contributed by atoms with Gasteiger partial charge in [0.25, 0.3) is 5.56 Å². The number of aromatic amines is 1. The summed E-state index contributed by atoms with van der Waals surface area (Å²) >= 11 is 0. The number of amides is 1. The minimum atomic E-state index is -0.965. The quantitative estimate of drug-likeness (QED) is 0.468. The Hall–Kier alpha value is -3.73. The van der Waals surface area contributed by atoms with Crippen LogP contribution in [-0.4, -0.2) is 65.8 Å².